The van der Waals surface area contributed by atoms with Crippen LogP contribution in [0.15, 0.2) is 30.3 Å². The summed E-state index contributed by atoms with van der Waals surface area (Å²) in [5.41, 5.74) is 1.49. The lowest BCUT2D eigenvalue weighted by Crippen LogP contribution is -2.49. The van der Waals surface area contributed by atoms with Crippen LogP contribution in [-0.4, -0.2) is 33.7 Å². The Kier molecular flexibility index (Phi) is 5.79. The highest BCUT2D eigenvalue weighted by Crippen LogP contribution is 2.38. The molecule has 2 aromatic rings. The zero-order valence-electron chi connectivity index (χ0n) is 17.2. The van der Waals surface area contributed by atoms with E-state index in [0.29, 0.717) is 6.42 Å². The number of hydrogen-bond donors (Lipinski definition) is 2. The first-order valence-electron chi connectivity index (χ1n) is 9.76. The van der Waals surface area contributed by atoms with Gasteiger partial charge in [-0.05, 0) is 62.4 Å². The summed E-state index contributed by atoms with van der Waals surface area (Å²) >= 11 is 0. The van der Waals surface area contributed by atoms with Crippen molar-refractivity contribution in [2.45, 2.75) is 58.2 Å². The van der Waals surface area contributed by atoms with Gasteiger partial charge in [0.05, 0.1) is 30.7 Å². The van der Waals surface area contributed by atoms with E-state index < -0.39 is 41.6 Å². The number of carbonyl (C=O) groups excluding carboxylic acids is 1. The van der Waals surface area contributed by atoms with Gasteiger partial charge in [0, 0.05) is 5.56 Å². The first-order valence-corrected chi connectivity index (χ1v) is 9.76. The van der Waals surface area contributed by atoms with Crippen LogP contribution in [0.2, 0.25) is 0 Å². The quantitative estimate of drug-likeness (QED) is 0.821. The maximum Gasteiger partial charge on any atom is 0.228 e. The molecule has 0 spiro atoms. The summed E-state index contributed by atoms with van der Waals surface area (Å²) in [6, 6.07) is 7.12. The first-order chi connectivity index (χ1) is 13.6. The number of amides is 1. The second kappa shape index (κ2) is 7.84. The van der Waals surface area contributed by atoms with Crippen molar-refractivity contribution in [2.75, 3.05) is 6.61 Å². The number of benzene rings is 2. The van der Waals surface area contributed by atoms with Crippen LogP contribution in [-0.2, 0) is 23.2 Å². The summed E-state index contributed by atoms with van der Waals surface area (Å²) in [5.74, 6) is -1.91. The minimum absolute atomic E-state index is 0.255. The Bertz CT molecular complexity index is 936. The Hall–Kier alpha value is -2.31. The maximum atomic E-state index is 14.4. The zero-order valence-corrected chi connectivity index (χ0v) is 17.2. The van der Waals surface area contributed by atoms with Crippen molar-refractivity contribution in [1.82, 2.24) is 4.90 Å². The lowest BCUT2D eigenvalue weighted by molar-refractivity contribution is -0.137. The summed E-state index contributed by atoms with van der Waals surface area (Å²) in [6.45, 7) is 6.46. The van der Waals surface area contributed by atoms with E-state index in [0.717, 1.165) is 22.8 Å². The van der Waals surface area contributed by atoms with Crippen molar-refractivity contribution >= 4 is 5.91 Å². The minimum Gasteiger partial charge on any atom is -0.394 e. The Morgan fingerprint density at radius 1 is 1.24 bits per heavy atom. The number of rotatable bonds is 4. The van der Waals surface area contributed by atoms with Gasteiger partial charge in [-0.1, -0.05) is 24.3 Å². The first kappa shape index (κ1) is 21.4. The number of nitrogens with zero attached hydrogens (tertiary/aromatic N) is 1. The normalized spacial score (nSPS) is 19.2. The van der Waals surface area contributed by atoms with Crippen molar-refractivity contribution in [2.24, 2.45) is 0 Å². The standard InChI is InChI=1S/C23H27F2NO3/c1-13-8-9-20(24)18(22(13)25)11-21(28)26-14(2)16-6-5-7-19(23(3,4)29)17(16)10-15(26)12-27/h5-9,14-15,27,29H,10-12H2,1-4H3/t14-,15+/m0/s1. The average Bonchev–Trinajstić information content (AvgIpc) is 2.66. The van der Waals surface area contributed by atoms with Gasteiger partial charge in [0.15, 0.2) is 0 Å². The average molecular weight is 403 g/mol. The van der Waals surface area contributed by atoms with Gasteiger partial charge in [-0.15, -0.1) is 0 Å². The molecule has 29 heavy (non-hydrogen) atoms. The molecule has 1 heterocycles. The van der Waals surface area contributed by atoms with Crippen LogP contribution in [0.1, 0.15) is 54.6 Å². The molecule has 1 aliphatic rings. The van der Waals surface area contributed by atoms with Crippen LogP contribution in [0.25, 0.3) is 0 Å². The van der Waals surface area contributed by atoms with E-state index in [1.165, 1.54) is 17.9 Å². The molecule has 0 fully saturated rings. The maximum absolute atomic E-state index is 14.4. The van der Waals surface area contributed by atoms with Gasteiger partial charge < -0.3 is 15.1 Å². The molecule has 4 nitrogen and oxygen atoms in total. The lowest BCUT2D eigenvalue weighted by atomic mass is 9.81. The van der Waals surface area contributed by atoms with Crippen LogP contribution < -0.4 is 0 Å². The largest absolute Gasteiger partial charge is 0.394 e. The molecule has 0 saturated heterocycles. The summed E-state index contributed by atoms with van der Waals surface area (Å²) in [5, 5.41) is 20.5. The molecule has 1 amide bonds. The summed E-state index contributed by atoms with van der Waals surface area (Å²) in [7, 11) is 0. The highest BCUT2D eigenvalue weighted by Gasteiger charge is 2.37. The number of carbonyl (C=O) groups is 1. The fourth-order valence-corrected chi connectivity index (χ4v) is 4.29. The SMILES string of the molecule is Cc1ccc(F)c(CC(=O)N2[C@@H](CO)Cc3c(cccc3C(C)(C)O)[C@@H]2C)c1F. The number of halogens is 2. The van der Waals surface area contributed by atoms with Crippen molar-refractivity contribution in [3.63, 3.8) is 0 Å². The Labute approximate surface area is 169 Å². The molecule has 0 unspecified atom stereocenters. The van der Waals surface area contributed by atoms with Crippen LogP contribution >= 0.6 is 0 Å². The number of aryl methyl sites for hydroxylation is 1. The van der Waals surface area contributed by atoms with Gasteiger partial charge in [-0.25, -0.2) is 8.78 Å². The Morgan fingerprint density at radius 2 is 1.93 bits per heavy atom. The molecule has 156 valence electrons. The van der Waals surface area contributed by atoms with Crippen LogP contribution in [0.5, 0.6) is 0 Å². The molecule has 0 aromatic heterocycles. The second-order valence-corrected chi connectivity index (χ2v) is 8.28. The molecule has 0 radical (unpaired) electrons. The fraction of sp³-hybridized carbons (Fsp3) is 0.435. The molecule has 0 aliphatic carbocycles. The molecule has 2 aromatic carbocycles. The van der Waals surface area contributed by atoms with Crippen molar-refractivity contribution < 1.29 is 23.8 Å². The van der Waals surface area contributed by atoms with Gasteiger partial charge in [0.25, 0.3) is 0 Å². The van der Waals surface area contributed by atoms with E-state index in [1.807, 2.05) is 25.1 Å². The molecule has 2 N–H and O–H groups in total. The summed E-state index contributed by atoms with van der Waals surface area (Å²) in [4.78, 5) is 14.6. The van der Waals surface area contributed by atoms with Gasteiger partial charge >= 0.3 is 0 Å². The third-order valence-electron chi connectivity index (χ3n) is 5.78. The third kappa shape index (κ3) is 3.91. The highest BCUT2D eigenvalue weighted by molar-refractivity contribution is 5.80. The zero-order chi connectivity index (χ0) is 21.5. The molecule has 6 heteroatoms. The molecule has 1 aliphatic heterocycles. The van der Waals surface area contributed by atoms with Crippen molar-refractivity contribution in [1.29, 1.82) is 0 Å². The predicted octanol–water partition coefficient (Wildman–Crippen LogP) is 3.55. The van der Waals surface area contributed by atoms with E-state index in [2.05, 4.69) is 0 Å². The summed E-state index contributed by atoms with van der Waals surface area (Å²) < 4.78 is 28.6. The Morgan fingerprint density at radius 3 is 2.55 bits per heavy atom. The van der Waals surface area contributed by atoms with Crippen LogP contribution in [0, 0.1) is 18.6 Å². The number of fused-ring (bicyclic) bond motifs is 1. The minimum atomic E-state index is -1.06. The van der Waals surface area contributed by atoms with Gasteiger partial charge in [0.2, 0.25) is 5.91 Å². The molecular formula is C23H27F2NO3. The van der Waals surface area contributed by atoms with Crippen molar-refractivity contribution in [3.05, 3.63) is 69.8 Å². The van der Waals surface area contributed by atoms with E-state index in [4.69, 9.17) is 0 Å². The number of hydrogen-bond acceptors (Lipinski definition) is 3. The number of aliphatic hydroxyl groups excluding tert-OH is 1. The fourth-order valence-electron chi connectivity index (χ4n) is 4.29. The highest BCUT2D eigenvalue weighted by atomic mass is 19.1. The lowest BCUT2D eigenvalue weighted by Gasteiger charge is -2.43. The van der Waals surface area contributed by atoms with E-state index in [1.54, 1.807) is 13.8 Å². The molecule has 3 rings (SSSR count). The monoisotopic (exact) mass is 403 g/mol. The van der Waals surface area contributed by atoms with E-state index in [9.17, 15) is 23.8 Å². The van der Waals surface area contributed by atoms with E-state index in [-0.39, 0.29) is 17.7 Å². The topological polar surface area (TPSA) is 60.8 Å². The van der Waals surface area contributed by atoms with Crippen molar-refractivity contribution in [3.8, 4) is 0 Å². The predicted molar refractivity (Wildman–Crippen MR) is 106 cm³/mol. The summed E-state index contributed by atoms with van der Waals surface area (Å²) in [6.07, 6.45) is -0.0540. The van der Waals surface area contributed by atoms with Crippen LogP contribution in [0.3, 0.4) is 0 Å². The number of aliphatic hydroxyl groups is 2. The smallest absolute Gasteiger partial charge is 0.228 e. The second-order valence-electron chi connectivity index (χ2n) is 8.28. The molecule has 0 bridgehead atoms. The molecular weight excluding hydrogens is 376 g/mol. The third-order valence-corrected chi connectivity index (χ3v) is 5.78. The van der Waals surface area contributed by atoms with Gasteiger partial charge in [-0.2, -0.15) is 0 Å². The Balaban J connectivity index is 1.99. The van der Waals surface area contributed by atoms with Crippen LogP contribution in [0.4, 0.5) is 8.78 Å². The molecule has 0 saturated carbocycles. The molecule has 2 atom stereocenters. The van der Waals surface area contributed by atoms with Gasteiger partial charge in [-0.3, -0.25) is 4.79 Å². The van der Waals surface area contributed by atoms with E-state index >= 15 is 0 Å². The van der Waals surface area contributed by atoms with Gasteiger partial charge in [0.1, 0.15) is 11.6 Å².